The number of Topliss-reactive ketones (excluding diaryl/α,β-unsaturated/α-hetero) is 1. The standard InChI is InChI=1S/C27H21NO8S/c1-35-21-8-4-2-6-18(21)20(29)15-36-27(34)16-10-12-17(13-11-16)28-24(30)14-23(25(28)31)37-22-9-5-3-7-19(22)26(32)33/h2-13,23H,14-15H2,1H3,(H,32,33). The zero-order valence-electron chi connectivity index (χ0n) is 19.6. The van der Waals surface area contributed by atoms with Gasteiger partial charge in [0, 0.05) is 11.3 Å². The number of carboxylic acid groups (broad SMARTS) is 1. The second-order valence-electron chi connectivity index (χ2n) is 7.93. The van der Waals surface area contributed by atoms with Crippen LogP contribution in [-0.4, -0.2) is 53.6 Å². The lowest BCUT2D eigenvalue weighted by atomic mass is 10.1. The number of amides is 2. The molecular weight excluding hydrogens is 498 g/mol. The first-order valence-corrected chi connectivity index (χ1v) is 12.0. The van der Waals surface area contributed by atoms with Crippen LogP contribution in [0.15, 0.2) is 77.7 Å². The number of carbonyl (C=O) groups excluding carboxylic acids is 4. The number of methoxy groups -OCH3 is 1. The summed E-state index contributed by atoms with van der Waals surface area (Å²) < 4.78 is 10.3. The molecule has 0 aromatic heterocycles. The van der Waals surface area contributed by atoms with Gasteiger partial charge in [0.25, 0.3) is 0 Å². The highest BCUT2D eigenvalue weighted by molar-refractivity contribution is 8.00. The summed E-state index contributed by atoms with van der Waals surface area (Å²) in [6.07, 6.45) is -0.0910. The molecule has 1 N–H and O–H groups in total. The molecule has 1 heterocycles. The van der Waals surface area contributed by atoms with Gasteiger partial charge >= 0.3 is 11.9 Å². The van der Waals surface area contributed by atoms with E-state index in [1.165, 1.54) is 37.4 Å². The van der Waals surface area contributed by atoms with E-state index < -0.39 is 41.4 Å². The van der Waals surface area contributed by atoms with Gasteiger partial charge in [-0.1, -0.05) is 24.3 Å². The zero-order chi connectivity index (χ0) is 26.5. The summed E-state index contributed by atoms with van der Waals surface area (Å²) in [6, 6.07) is 18.5. The van der Waals surface area contributed by atoms with E-state index in [4.69, 9.17) is 9.47 Å². The van der Waals surface area contributed by atoms with E-state index in [2.05, 4.69) is 0 Å². The molecule has 2 amide bonds. The monoisotopic (exact) mass is 519 g/mol. The number of imide groups is 1. The summed E-state index contributed by atoms with van der Waals surface area (Å²) in [5.41, 5.74) is 0.749. The Kier molecular flexibility index (Phi) is 7.69. The molecule has 10 heteroatoms. The van der Waals surface area contributed by atoms with Crippen LogP contribution < -0.4 is 9.64 Å². The summed E-state index contributed by atoms with van der Waals surface area (Å²) in [6.45, 7) is -0.485. The molecular formula is C27H21NO8S. The molecule has 9 nitrogen and oxygen atoms in total. The largest absolute Gasteiger partial charge is 0.496 e. The first-order chi connectivity index (χ1) is 17.8. The van der Waals surface area contributed by atoms with E-state index in [0.717, 1.165) is 16.7 Å². The summed E-state index contributed by atoms with van der Waals surface area (Å²) >= 11 is 1.03. The number of benzene rings is 3. The van der Waals surface area contributed by atoms with Crippen LogP contribution in [0.2, 0.25) is 0 Å². The Morgan fingerprint density at radius 1 is 0.946 bits per heavy atom. The van der Waals surface area contributed by atoms with Crippen LogP contribution in [-0.2, 0) is 14.3 Å². The van der Waals surface area contributed by atoms with E-state index >= 15 is 0 Å². The number of hydrogen-bond acceptors (Lipinski definition) is 8. The fourth-order valence-electron chi connectivity index (χ4n) is 3.78. The number of ketones is 1. The number of para-hydroxylation sites is 1. The van der Waals surface area contributed by atoms with Crippen molar-refractivity contribution in [2.45, 2.75) is 16.6 Å². The molecule has 1 unspecified atom stereocenters. The molecule has 0 spiro atoms. The zero-order valence-corrected chi connectivity index (χ0v) is 20.4. The molecule has 1 fully saturated rings. The Morgan fingerprint density at radius 3 is 2.27 bits per heavy atom. The number of nitrogens with zero attached hydrogens (tertiary/aromatic N) is 1. The van der Waals surface area contributed by atoms with Gasteiger partial charge < -0.3 is 14.6 Å². The SMILES string of the molecule is COc1ccccc1C(=O)COC(=O)c1ccc(N2C(=O)CC(Sc3ccccc3C(=O)O)C2=O)cc1. The second-order valence-corrected chi connectivity index (χ2v) is 9.17. The molecule has 0 bridgehead atoms. The van der Waals surface area contributed by atoms with Crippen molar-refractivity contribution in [2.24, 2.45) is 0 Å². The highest BCUT2D eigenvalue weighted by Gasteiger charge is 2.40. The molecule has 1 aliphatic rings. The molecule has 3 aromatic carbocycles. The number of anilines is 1. The predicted octanol–water partition coefficient (Wildman–Crippen LogP) is 3.86. The fraction of sp³-hybridized carbons (Fsp3) is 0.148. The van der Waals surface area contributed by atoms with Crippen LogP contribution in [0.25, 0.3) is 0 Å². The second kappa shape index (κ2) is 11.1. The van der Waals surface area contributed by atoms with E-state index in [1.807, 2.05) is 0 Å². The number of ether oxygens (including phenoxy) is 2. The normalized spacial score (nSPS) is 14.9. The molecule has 1 aliphatic heterocycles. The van der Waals surface area contributed by atoms with Crippen molar-refractivity contribution in [1.82, 2.24) is 0 Å². The highest BCUT2D eigenvalue weighted by Crippen LogP contribution is 2.35. The van der Waals surface area contributed by atoms with Crippen LogP contribution in [0.5, 0.6) is 5.75 Å². The van der Waals surface area contributed by atoms with E-state index in [1.54, 1.807) is 42.5 Å². The number of carbonyl (C=O) groups is 5. The summed E-state index contributed by atoms with van der Waals surface area (Å²) in [4.78, 5) is 63.3. The molecule has 37 heavy (non-hydrogen) atoms. The van der Waals surface area contributed by atoms with Crippen LogP contribution in [0, 0.1) is 0 Å². The first kappa shape index (κ1) is 25.6. The van der Waals surface area contributed by atoms with Gasteiger partial charge in [-0.05, 0) is 48.5 Å². The van der Waals surface area contributed by atoms with E-state index in [0.29, 0.717) is 10.6 Å². The number of carboxylic acids is 1. The van der Waals surface area contributed by atoms with Crippen LogP contribution >= 0.6 is 11.8 Å². The number of rotatable bonds is 9. The maximum Gasteiger partial charge on any atom is 0.338 e. The van der Waals surface area contributed by atoms with Crippen molar-refractivity contribution >= 4 is 47.0 Å². The molecule has 0 aliphatic carbocycles. The average molecular weight is 520 g/mol. The highest BCUT2D eigenvalue weighted by atomic mass is 32.2. The van der Waals surface area contributed by atoms with Gasteiger partial charge in [-0.15, -0.1) is 11.8 Å². The maximum absolute atomic E-state index is 13.0. The molecule has 1 saturated heterocycles. The van der Waals surface area contributed by atoms with Gasteiger partial charge in [-0.25, -0.2) is 14.5 Å². The van der Waals surface area contributed by atoms with Gasteiger partial charge in [0.1, 0.15) is 5.75 Å². The average Bonchev–Trinajstić information content (AvgIpc) is 3.19. The lowest BCUT2D eigenvalue weighted by Crippen LogP contribution is -2.31. The minimum Gasteiger partial charge on any atom is -0.496 e. The summed E-state index contributed by atoms with van der Waals surface area (Å²) in [5, 5.41) is 8.59. The van der Waals surface area contributed by atoms with Gasteiger partial charge in [0.2, 0.25) is 17.6 Å². The summed E-state index contributed by atoms with van der Waals surface area (Å²) in [7, 11) is 1.44. The minimum atomic E-state index is -1.12. The number of hydrogen-bond donors (Lipinski definition) is 1. The third-order valence-corrected chi connectivity index (χ3v) is 6.86. The molecule has 0 saturated carbocycles. The maximum atomic E-state index is 13.0. The van der Waals surface area contributed by atoms with E-state index in [-0.39, 0.29) is 28.8 Å². The van der Waals surface area contributed by atoms with Gasteiger partial charge in [-0.2, -0.15) is 0 Å². The predicted molar refractivity (Wildman–Crippen MR) is 134 cm³/mol. The third kappa shape index (κ3) is 5.54. The Morgan fingerprint density at radius 2 is 1.59 bits per heavy atom. The molecule has 0 radical (unpaired) electrons. The Balaban J connectivity index is 1.41. The van der Waals surface area contributed by atoms with Crippen molar-refractivity contribution in [3.05, 3.63) is 89.5 Å². The van der Waals surface area contributed by atoms with Crippen LogP contribution in [0.4, 0.5) is 5.69 Å². The van der Waals surface area contributed by atoms with Gasteiger partial charge in [0.05, 0.1) is 34.7 Å². The van der Waals surface area contributed by atoms with Crippen molar-refractivity contribution in [3.8, 4) is 5.75 Å². The van der Waals surface area contributed by atoms with Crippen LogP contribution in [0.1, 0.15) is 37.5 Å². The van der Waals surface area contributed by atoms with E-state index in [9.17, 15) is 29.1 Å². The first-order valence-electron chi connectivity index (χ1n) is 11.1. The number of thioether (sulfide) groups is 1. The van der Waals surface area contributed by atoms with Gasteiger partial charge in [-0.3, -0.25) is 14.4 Å². The van der Waals surface area contributed by atoms with Crippen LogP contribution in [0.3, 0.4) is 0 Å². The summed E-state index contributed by atoms with van der Waals surface area (Å²) in [5.74, 6) is -2.84. The smallest absolute Gasteiger partial charge is 0.338 e. The Bertz CT molecular complexity index is 1390. The third-order valence-electron chi connectivity index (χ3n) is 5.59. The van der Waals surface area contributed by atoms with Crippen molar-refractivity contribution in [1.29, 1.82) is 0 Å². The van der Waals surface area contributed by atoms with Crippen molar-refractivity contribution < 1.29 is 38.6 Å². The molecule has 4 rings (SSSR count). The van der Waals surface area contributed by atoms with Crippen molar-refractivity contribution in [2.75, 3.05) is 18.6 Å². The minimum absolute atomic E-state index is 0.0539. The fourth-order valence-corrected chi connectivity index (χ4v) is 4.96. The Labute approximate surface area is 216 Å². The number of esters is 1. The quantitative estimate of drug-likeness (QED) is 0.255. The lowest BCUT2D eigenvalue weighted by Gasteiger charge is -2.15. The lowest BCUT2D eigenvalue weighted by molar-refractivity contribution is -0.121. The molecule has 3 aromatic rings. The molecule has 1 atom stereocenters. The topological polar surface area (TPSA) is 127 Å². The number of aromatic carboxylic acids is 1. The van der Waals surface area contributed by atoms with Gasteiger partial charge in [0.15, 0.2) is 6.61 Å². The Hall–Kier alpha value is -4.44. The van der Waals surface area contributed by atoms with Crippen molar-refractivity contribution in [3.63, 3.8) is 0 Å². The molecule has 188 valence electrons.